The fourth-order valence-electron chi connectivity index (χ4n) is 1.72. The monoisotopic (exact) mass is 348 g/mol. The third-order valence-corrected chi connectivity index (χ3v) is 3.37. The maximum Gasteiger partial charge on any atom is 0.133 e. The summed E-state index contributed by atoms with van der Waals surface area (Å²) in [6, 6.07) is 13.4. The van der Waals surface area contributed by atoms with E-state index in [9.17, 15) is 0 Å². The number of hydrogen-bond acceptors (Lipinski definition) is 4. The number of rotatable bonds is 6. The highest BCUT2D eigenvalue weighted by Gasteiger charge is 2.00. The number of ether oxygens (including phenoxy) is 2. The average molecular weight is 349 g/mol. The zero-order valence-corrected chi connectivity index (χ0v) is 13.6. The number of nitrogens with one attached hydrogen (secondary N) is 1. The van der Waals surface area contributed by atoms with E-state index in [2.05, 4.69) is 26.5 Å². The second-order valence-electron chi connectivity index (χ2n) is 4.22. The highest BCUT2D eigenvalue weighted by Crippen LogP contribution is 2.25. The maximum atomic E-state index is 5.47. The molecule has 0 bridgehead atoms. The van der Waals surface area contributed by atoms with Gasteiger partial charge in [-0.3, -0.25) is 5.43 Å². The second-order valence-corrected chi connectivity index (χ2v) is 5.08. The Morgan fingerprint density at radius 1 is 1.19 bits per heavy atom. The van der Waals surface area contributed by atoms with E-state index in [-0.39, 0.29) is 0 Å². The number of nitrogens with zero attached hydrogens (tertiary/aromatic N) is 1. The van der Waals surface area contributed by atoms with Gasteiger partial charge in [0.05, 0.1) is 30.1 Å². The van der Waals surface area contributed by atoms with Crippen molar-refractivity contribution in [2.24, 2.45) is 5.10 Å². The molecule has 0 amide bonds. The maximum absolute atomic E-state index is 5.47. The molecular weight excluding hydrogens is 332 g/mol. The van der Waals surface area contributed by atoms with E-state index in [1.54, 1.807) is 13.3 Å². The van der Waals surface area contributed by atoms with Crippen molar-refractivity contribution in [2.75, 3.05) is 19.1 Å². The van der Waals surface area contributed by atoms with Crippen LogP contribution in [0.15, 0.2) is 52.0 Å². The van der Waals surface area contributed by atoms with Crippen molar-refractivity contribution in [2.45, 2.75) is 6.92 Å². The lowest BCUT2D eigenvalue weighted by molar-refractivity contribution is 0.338. The molecule has 2 aromatic rings. The van der Waals surface area contributed by atoms with Crippen LogP contribution < -0.4 is 14.9 Å². The van der Waals surface area contributed by atoms with Crippen LogP contribution in [-0.4, -0.2) is 19.9 Å². The number of hydrazone groups is 1. The largest absolute Gasteiger partial charge is 0.497 e. The molecule has 0 heterocycles. The Morgan fingerprint density at radius 3 is 2.57 bits per heavy atom. The van der Waals surface area contributed by atoms with Crippen LogP contribution in [-0.2, 0) is 0 Å². The number of halogens is 1. The second kappa shape index (κ2) is 7.69. The summed E-state index contributed by atoms with van der Waals surface area (Å²) in [7, 11) is 1.64. The van der Waals surface area contributed by atoms with E-state index in [1.165, 1.54) is 0 Å². The molecule has 0 aliphatic rings. The third-order valence-electron chi connectivity index (χ3n) is 2.75. The number of anilines is 1. The molecule has 0 radical (unpaired) electrons. The molecule has 5 heteroatoms. The van der Waals surface area contributed by atoms with Gasteiger partial charge in [-0.05, 0) is 70.9 Å². The van der Waals surface area contributed by atoms with Gasteiger partial charge in [0.15, 0.2) is 0 Å². The van der Waals surface area contributed by atoms with Crippen molar-refractivity contribution < 1.29 is 9.47 Å². The summed E-state index contributed by atoms with van der Waals surface area (Å²) in [6.07, 6.45) is 1.75. The third kappa shape index (κ3) is 4.49. The van der Waals surface area contributed by atoms with Crippen molar-refractivity contribution in [1.29, 1.82) is 0 Å². The van der Waals surface area contributed by atoms with Gasteiger partial charge in [-0.25, -0.2) is 0 Å². The van der Waals surface area contributed by atoms with Gasteiger partial charge in [0.1, 0.15) is 11.5 Å². The zero-order valence-electron chi connectivity index (χ0n) is 12.0. The first-order valence-electron chi connectivity index (χ1n) is 6.58. The Hall–Kier alpha value is -2.01. The fourth-order valence-corrected chi connectivity index (χ4v) is 2.23. The molecular formula is C16H17BrN2O2. The van der Waals surface area contributed by atoms with Crippen LogP contribution in [0.4, 0.5) is 5.69 Å². The topological polar surface area (TPSA) is 42.8 Å². The van der Waals surface area contributed by atoms with Crippen molar-refractivity contribution in [3.05, 3.63) is 52.5 Å². The van der Waals surface area contributed by atoms with Gasteiger partial charge in [0, 0.05) is 0 Å². The summed E-state index contributed by atoms with van der Waals surface area (Å²) in [5, 5.41) is 4.21. The van der Waals surface area contributed by atoms with Crippen molar-refractivity contribution in [3.8, 4) is 11.5 Å². The molecule has 0 unspecified atom stereocenters. The first kappa shape index (κ1) is 15.4. The van der Waals surface area contributed by atoms with Crippen molar-refractivity contribution in [3.63, 3.8) is 0 Å². The Balaban J connectivity index is 1.98. The highest BCUT2D eigenvalue weighted by atomic mass is 79.9. The molecule has 2 aromatic carbocycles. The fraction of sp³-hybridized carbons (Fsp3) is 0.188. The highest BCUT2D eigenvalue weighted by molar-refractivity contribution is 9.10. The first-order valence-corrected chi connectivity index (χ1v) is 7.37. The lowest BCUT2D eigenvalue weighted by Crippen LogP contribution is -1.94. The van der Waals surface area contributed by atoms with Gasteiger partial charge in [0.2, 0.25) is 0 Å². The average Bonchev–Trinajstić information content (AvgIpc) is 2.51. The van der Waals surface area contributed by atoms with Gasteiger partial charge in [-0.15, -0.1) is 0 Å². The number of hydrogen-bond donors (Lipinski definition) is 1. The van der Waals surface area contributed by atoms with Crippen LogP contribution in [0.3, 0.4) is 0 Å². The van der Waals surface area contributed by atoms with E-state index < -0.39 is 0 Å². The van der Waals surface area contributed by atoms with E-state index in [0.29, 0.717) is 6.61 Å². The smallest absolute Gasteiger partial charge is 0.133 e. The van der Waals surface area contributed by atoms with E-state index in [0.717, 1.165) is 27.2 Å². The summed E-state index contributed by atoms with van der Waals surface area (Å²) in [4.78, 5) is 0. The number of benzene rings is 2. The van der Waals surface area contributed by atoms with E-state index >= 15 is 0 Å². The van der Waals surface area contributed by atoms with Crippen LogP contribution in [0.1, 0.15) is 12.5 Å². The van der Waals surface area contributed by atoms with Crippen LogP contribution in [0.25, 0.3) is 0 Å². The van der Waals surface area contributed by atoms with Gasteiger partial charge in [-0.1, -0.05) is 0 Å². The molecule has 0 spiro atoms. The summed E-state index contributed by atoms with van der Waals surface area (Å²) < 4.78 is 11.5. The minimum atomic E-state index is 0.644. The molecule has 0 aromatic heterocycles. The zero-order chi connectivity index (χ0) is 15.1. The summed E-state index contributed by atoms with van der Waals surface area (Å²) in [6.45, 7) is 2.60. The summed E-state index contributed by atoms with van der Waals surface area (Å²) >= 11 is 3.48. The first-order chi connectivity index (χ1) is 10.2. The van der Waals surface area contributed by atoms with E-state index in [1.807, 2.05) is 49.4 Å². The molecule has 0 saturated carbocycles. The standard InChI is InChI=1S/C16H17BrN2O2/c1-3-21-16-9-4-12(10-15(16)17)11-18-19-13-5-7-14(20-2)8-6-13/h4-11,19H,3H2,1-2H3/b18-11+. The molecule has 0 atom stereocenters. The molecule has 21 heavy (non-hydrogen) atoms. The normalized spacial score (nSPS) is 10.6. The van der Waals surface area contributed by atoms with Gasteiger partial charge in [-0.2, -0.15) is 5.10 Å². The minimum Gasteiger partial charge on any atom is -0.497 e. The predicted octanol–water partition coefficient (Wildman–Crippen LogP) is 4.30. The van der Waals surface area contributed by atoms with Gasteiger partial charge >= 0.3 is 0 Å². The molecule has 110 valence electrons. The quantitative estimate of drug-likeness (QED) is 0.625. The summed E-state index contributed by atoms with van der Waals surface area (Å²) in [5.74, 6) is 1.65. The molecule has 4 nitrogen and oxygen atoms in total. The van der Waals surface area contributed by atoms with Gasteiger partial charge < -0.3 is 9.47 Å². The Labute approximate surface area is 132 Å². The molecule has 0 aliphatic heterocycles. The number of methoxy groups -OCH3 is 1. The van der Waals surface area contributed by atoms with Crippen molar-refractivity contribution >= 4 is 27.8 Å². The Kier molecular flexibility index (Phi) is 5.63. The lowest BCUT2D eigenvalue weighted by atomic mass is 10.2. The Morgan fingerprint density at radius 2 is 1.95 bits per heavy atom. The predicted molar refractivity (Wildman–Crippen MR) is 89.5 cm³/mol. The van der Waals surface area contributed by atoms with Crippen LogP contribution in [0.5, 0.6) is 11.5 Å². The molecule has 0 saturated heterocycles. The molecule has 2 rings (SSSR count). The molecule has 0 aliphatic carbocycles. The summed E-state index contributed by atoms with van der Waals surface area (Å²) in [5.41, 5.74) is 4.85. The minimum absolute atomic E-state index is 0.644. The van der Waals surface area contributed by atoms with E-state index in [4.69, 9.17) is 9.47 Å². The van der Waals surface area contributed by atoms with Crippen molar-refractivity contribution in [1.82, 2.24) is 0 Å². The Bertz CT molecular complexity index is 612. The lowest BCUT2D eigenvalue weighted by Gasteiger charge is -2.06. The van der Waals surface area contributed by atoms with Crippen LogP contribution >= 0.6 is 15.9 Å². The van der Waals surface area contributed by atoms with Gasteiger partial charge in [0.25, 0.3) is 0 Å². The molecule has 0 fully saturated rings. The molecule has 1 N–H and O–H groups in total. The van der Waals surface area contributed by atoms with Crippen LogP contribution in [0.2, 0.25) is 0 Å². The van der Waals surface area contributed by atoms with Crippen LogP contribution in [0, 0.1) is 0 Å². The SMILES string of the molecule is CCOc1ccc(/C=N/Nc2ccc(OC)cc2)cc1Br.